The summed E-state index contributed by atoms with van der Waals surface area (Å²) < 4.78 is 27.1. The molecule has 16 heavy (non-hydrogen) atoms. The van der Waals surface area contributed by atoms with Crippen LogP contribution in [0.15, 0.2) is 0 Å². The summed E-state index contributed by atoms with van der Waals surface area (Å²) in [6, 6.07) is -1.33. The fourth-order valence-corrected chi connectivity index (χ4v) is 2.44. The number of nitrogens with one attached hydrogen (secondary N) is 2. The number of aliphatic carboxylic acids is 1. The summed E-state index contributed by atoms with van der Waals surface area (Å²) in [5, 5.41) is 17.3. The maximum atomic E-state index is 11.5. The number of carboxylic acids is 1. The van der Waals surface area contributed by atoms with Crippen LogP contribution in [0.4, 0.5) is 0 Å². The van der Waals surface area contributed by atoms with Crippen LogP contribution >= 0.6 is 0 Å². The summed E-state index contributed by atoms with van der Waals surface area (Å²) in [5.41, 5.74) is -0.700. The highest BCUT2D eigenvalue weighted by molar-refractivity contribution is 7.87. The topological polar surface area (TPSA) is 116 Å². The summed E-state index contributed by atoms with van der Waals surface area (Å²) in [5.74, 6) is -1.33. The Morgan fingerprint density at radius 3 is 2.19 bits per heavy atom. The second-order valence-electron chi connectivity index (χ2n) is 4.38. The van der Waals surface area contributed by atoms with Gasteiger partial charge in [0.1, 0.15) is 6.04 Å². The molecule has 0 heterocycles. The van der Waals surface area contributed by atoms with Crippen LogP contribution in [0.1, 0.15) is 27.2 Å². The summed E-state index contributed by atoms with van der Waals surface area (Å²) in [7, 11) is -3.90. The van der Waals surface area contributed by atoms with Crippen LogP contribution in [0.5, 0.6) is 0 Å². The molecule has 0 radical (unpaired) electrons. The molecule has 0 amide bonds. The third-order valence-electron chi connectivity index (χ3n) is 1.45. The van der Waals surface area contributed by atoms with Crippen molar-refractivity contribution in [2.75, 3.05) is 6.61 Å². The third-order valence-corrected chi connectivity index (χ3v) is 2.93. The van der Waals surface area contributed by atoms with Crippen LogP contribution in [0.2, 0.25) is 0 Å². The number of carbonyl (C=O) groups is 1. The predicted octanol–water partition coefficient (Wildman–Crippen LogP) is -0.955. The Balaban J connectivity index is 4.61. The first kappa shape index (κ1) is 15.3. The Morgan fingerprint density at radius 2 is 1.88 bits per heavy atom. The Kier molecular flexibility index (Phi) is 5.33. The smallest absolute Gasteiger partial charge is 0.321 e. The zero-order valence-corrected chi connectivity index (χ0v) is 10.3. The molecule has 7 nitrogen and oxygen atoms in total. The first-order chi connectivity index (χ1) is 7.07. The molecule has 1 atom stereocenters. The minimum Gasteiger partial charge on any atom is -0.480 e. The molecule has 0 aliphatic heterocycles. The highest BCUT2D eigenvalue weighted by Crippen LogP contribution is 2.02. The normalized spacial score (nSPS) is 14.8. The molecule has 0 fully saturated rings. The van der Waals surface area contributed by atoms with Crippen molar-refractivity contribution in [3.63, 3.8) is 0 Å². The van der Waals surface area contributed by atoms with Gasteiger partial charge in [-0.1, -0.05) is 0 Å². The number of hydrogen-bond donors (Lipinski definition) is 4. The molecule has 4 N–H and O–H groups in total. The molecular weight excluding hydrogens is 236 g/mol. The van der Waals surface area contributed by atoms with Crippen LogP contribution in [-0.4, -0.2) is 42.8 Å². The molecule has 0 saturated heterocycles. The van der Waals surface area contributed by atoms with Crippen LogP contribution in [0.25, 0.3) is 0 Å². The monoisotopic (exact) mass is 254 g/mol. The lowest BCUT2D eigenvalue weighted by Crippen LogP contribution is -2.52. The van der Waals surface area contributed by atoms with E-state index in [9.17, 15) is 13.2 Å². The van der Waals surface area contributed by atoms with Crippen molar-refractivity contribution in [2.24, 2.45) is 0 Å². The predicted molar refractivity (Wildman–Crippen MR) is 58.1 cm³/mol. The fraction of sp³-hybridized carbons (Fsp3) is 0.875. The van der Waals surface area contributed by atoms with Gasteiger partial charge in [-0.2, -0.15) is 17.9 Å². The van der Waals surface area contributed by atoms with Crippen molar-refractivity contribution in [3.05, 3.63) is 0 Å². The lowest BCUT2D eigenvalue weighted by Gasteiger charge is -2.22. The van der Waals surface area contributed by atoms with Gasteiger partial charge in [-0.3, -0.25) is 4.79 Å². The van der Waals surface area contributed by atoms with E-state index in [0.717, 1.165) is 0 Å². The van der Waals surface area contributed by atoms with Gasteiger partial charge < -0.3 is 10.2 Å². The molecular formula is C8H18N2O5S. The highest BCUT2D eigenvalue weighted by atomic mass is 32.2. The number of hydrogen-bond acceptors (Lipinski definition) is 4. The Hall–Kier alpha value is -0.700. The van der Waals surface area contributed by atoms with Gasteiger partial charge in [0, 0.05) is 12.1 Å². The van der Waals surface area contributed by atoms with Gasteiger partial charge in [-0.05, 0) is 27.2 Å². The number of aliphatic hydroxyl groups is 1. The molecule has 0 aromatic heterocycles. The lowest BCUT2D eigenvalue weighted by molar-refractivity contribution is -0.139. The molecule has 0 bridgehead atoms. The van der Waals surface area contributed by atoms with Gasteiger partial charge in [0.25, 0.3) is 10.2 Å². The molecule has 0 saturated carbocycles. The van der Waals surface area contributed by atoms with Crippen molar-refractivity contribution < 1.29 is 23.4 Å². The summed E-state index contributed by atoms with van der Waals surface area (Å²) in [6.07, 6.45) is -0.180. The van der Waals surface area contributed by atoms with Crippen LogP contribution in [-0.2, 0) is 15.0 Å². The number of aliphatic hydroxyl groups excluding tert-OH is 1. The molecule has 0 aliphatic rings. The standard InChI is InChI=1S/C8H18N2O5S/c1-8(2,3)10-16(14,15)9-6(4-5-11)7(12)13/h6,9-11H,4-5H2,1-3H3,(H,12,13). The van der Waals surface area contributed by atoms with E-state index in [1.165, 1.54) is 0 Å². The average molecular weight is 254 g/mol. The second kappa shape index (κ2) is 5.58. The van der Waals surface area contributed by atoms with E-state index < -0.39 is 34.4 Å². The second-order valence-corrected chi connectivity index (χ2v) is 5.82. The Morgan fingerprint density at radius 1 is 1.38 bits per heavy atom. The van der Waals surface area contributed by atoms with Gasteiger partial charge in [0.2, 0.25) is 0 Å². The molecule has 0 rings (SSSR count). The molecule has 0 aromatic rings. The van der Waals surface area contributed by atoms with Crippen molar-refractivity contribution >= 4 is 16.2 Å². The van der Waals surface area contributed by atoms with Crippen molar-refractivity contribution in [1.29, 1.82) is 0 Å². The van der Waals surface area contributed by atoms with Crippen molar-refractivity contribution in [2.45, 2.75) is 38.8 Å². The van der Waals surface area contributed by atoms with E-state index >= 15 is 0 Å². The van der Waals surface area contributed by atoms with Gasteiger partial charge in [0.15, 0.2) is 0 Å². The zero-order chi connectivity index (χ0) is 13.0. The molecule has 1 unspecified atom stereocenters. The first-order valence-electron chi connectivity index (χ1n) is 4.72. The first-order valence-corrected chi connectivity index (χ1v) is 6.20. The van der Waals surface area contributed by atoms with Gasteiger partial charge in [-0.25, -0.2) is 0 Å². The molecule has 8 heteroatoms. The van der Waals surface area contributed by atoms with E-state index in [-0.39, 0.29) is 6.42 Å². The molecule has 96 valence electrons. The van der Waals surface area contributed by atoms with Crippen molar-refractivity contribution in [3.8, 4) is 0 Å². The van der Waals surface area contributed by atoms with Crippen LogP contribution in [0.3, 0.4) is 0 Å². The van der Waals surface area contributed by atoms with Gasteiger partial charge >= 0.3 is 5.97 Å². The largest absolute Gasteiger partial charge is 0.480 e. The molecule has 0 aromatic carbocycles. The summed E-state index contributed by atoms with van der Waals surface area (Å²) in [4.78, 5) is 10.7. The van der Waals surface area contributed by atoms with Crippen LogP contribution < -0.4 is 9.44 Å². The molecule has 0 spiro atoms. The fourth-order valence-electron chi connectivity index (χ4n) is 0.982. The average Bonchev–Trinajstić information content (AvgIpc) is 1.97. The maximum Gasteiger partial charge on any atom is 0.321 e. The van der Waals surface area contributed by atoms with Gasteiger partial charge in [0.05, 0.1) is 0 Å². The Bertz CT molecular complexity index is 333. The van der Waals surface area contributed by atoms with E-state index in [0.29, 0.717) is 0 Å². The number of carboxylic acid groups (broad SMARTS) is 1. The minimum absolute atomic E-state index is 0.180. The van der Waals surface area contributed by atoms with Gasteiger partial charge in [-0.15, -0.1) is 0 Å². The third kappa shape index (κ3) is 6.72. The number of rotatable bonds is 6. The van der Waals surface area contributed by atoms with E-state index in [1.54, 1.807) is 20.8 Å². The highest BCUT2D eigenvalue weighted by Gasteiger charge is 2.26. The molecule has 0 aliphatic carbocycles. The summed E-state index contributed by atoms with van der Waals surface area (Å²) >= 11 is 0. The van der Waals surface area contributed by atoms with Crippen molar-refractivity contribution in [1.82, 2.24) is 9.44 Å². The SMILES string of the molecule is CC(C)(C)NS(=O)(=O)NC(CCO)C(=O)O. The van der Waals surface area contributed by atoms with E-state index in [4.69, 9.17) is 10.2 Å². The Labute approximate surface area is 95.0 Å². The van der Waals surface area contributed by atoms with E-state index in [2.05, 4.69) is 4.72 Å². The quantitative estimate of drug-likeness (QED) is 0.487. The van der Waals surface area contributed by atoms with Crippen LogP contribution in [0, 0.1) is 0 Å². The summed E-state index contributed by atoms with van der Waals surface area (Å²) in [6.45, 7) is 4.49. The zero-order valence-electron chi connectivity index (χ0n) is 9.52. The lowest BCUT2D eigenvalue weighted by atomic mass is 10.1. The maximum absolute atomic E-state index is 11.5. The minimum atomic E-state index is -3.90. The van der Waals surface area contributed by atoms with E-state index in [1.807, 2.05) is 4.72 Å².